The molecule has 0 aromatic heterocycles. The molecule has 1 aromatic rings. The largest absolute Gasteiger partial charge is 0.455 e. The van der Waals surface area contributed by atoms with Crippen LogP contribution >= 0.6 is 0 Å². The van der Waals surface area contributed by atoms with Crippen LogP contribution in [0.2, 0.25) is 0 Å². The number of halogens is 2. The first-order valence-electron chi connectivity index (χ1n) is 5.73. The highest BCUT2D eigenvalue weighted by atomic mass is 19.2. The normalized spacial score (nSPS) is 12.9. The van der Waals surface area contributed by atoms with Crippen molar-refractivity contribution in [1.29, 1.82) is 0 Å². The van der Waals surface area contributed by atoms with E-state index in [1.165, 1.54) is 33.1 Å². The molecule has 106 valence electrons. The summed E-state index contributed by atoms with van der Waals surface area (Å²) in [4.78, 5) is 10.5. The fraction of sp³-hybridized carbons (Fsp3) is 0.462. The summed E-state index contributed by atoms with van der Waals surface area (Å²) in [6, 6.07) is 3.58. The zero-order chi connectivity index (χ0) is 14.5. The molecule has 6 heteroatoms. The Bertz CT molecular complexity index is 432. The third kappa shape index (κ3) is 4.82. The molecule has 1 rings (SSSR count). The summed E-state index contributed by atoms with van der Waals surface area (Å²) in [6.07, 6.45) is 0.511. The number of nitrogens with one attached hydrogen (secondary N) is 1. The Morgan fingerprint density at radius 1 is 1.47 bits per heavy atom. The van der Waals surface area contributed by atoms with Crippen LogP contribution in [-0.2, 0) is 9.53 Å². The van der Waals surface area contributed by atoms with Crippen LogP contribution in [0, 0.1) is 5.82 Å². The van der Waals surface area contributed by atoms with Gasteiger partial charge in [-0.1, -0.05) is 6.07 Å². The average molecular weight is 273 g/mol. The van der Waals surface area contributed by atoms with Gasteiger partial charge in [-0.05, 0) is 17.7 Å². The predicted molar refractivity (Wildman–Crippen MR) is 66.0 cm³/mol. The molecule has 1 aromatic carbocycles. The third-order valence-electron chi connectivity index (χ3n) is 2.31. The summed E-state index contributed by atoms with van der Waals surface area (Å²) in [7, 11) is 1.47. The van der Waals surface area contributed by atoms with Gasteiger partial charge < -0.3 is 14.8 Å². The number of carbonyl (C=O) groups excluding carboxylic acids is 1. The van der Waals surface area contributed by atoms with E-state index in [1.54, 1.807) is 6.07 Å². The van der Waals surface area contributed by atoms with Gasteiger partial charge in [0.1, 0.15) is 0 Å². The van der Waals surface area contributed by atoms with Gasteiger partial charge >= 0.3 is 0 Å². The zero-order valence-electron chi connectivity index (χ0n) is 11.1. The van der Waals surface area contributed by atoms with Crippen molar-refractivity contribution in [1.82, 2.24) is 5.32 Å². The topological polar surface area (TPSA) is 47.6 Å². The molecule has 19 heavy (non-hydrogen) atoms. The summed E-state index contributed by atoms with van der Waals surface area (Å²) in [6.45, 7) is 2.57. The van der Waals surface area contributed by atoms with E-state index in [-0.39, 0.29) is 12.4 Å². The van der Waals surface area contributed by atoms with Crippen molar-refractivity contribution in [3.05, 3.63) is 29.6 Å². The molecule has 0 spiro atoms. The van der Waals surface area contributed by atoms with Gasteiger partial charge in [-0.15, -0.1) is 0 Å². The highest BCUT2D eigenvalue weighted by molar-refractivity contribution is 5.48. The Morgan fingerprint density at radius 3 is 2.63 bits per heavy atom. The standard InChI is InChI=1S/C13H17F2NO3/c1-13(2,15)19-12-5-4-9(6-10(12)14)11(7-18-3)16-8-17/h4-6,8,11H,7H2,1-3H3,(H,16,17). The Balaban J connectivity index is 2.93. The van der Waals surface area contributed by atoms with Crippen LogP contribution in [0.1, 0.15) is 25.5 Å². The van der Waals surface area contributed by atoms with Crippen LogP contribution in [0.15, 0.2) is 18.2 Å². The van der Waals surface area contributed by atoms with Crippen LogP contribution in [0.5, 0.6) is 5.75 Å². The molecule has 0 radical (unpaired) electrons. The first kappa shape index (κ1) is 15.4. The Morgan fingerprint density at radius 2 is 2.16 bits per heavy atom. The van der Waals surface area contributed by atoms with Gasteiger partial charge in [0, 0.05) is 21.0 Å². The molecule has 1 amide bonds. The molecule has 0 aliphatic heterocycles. The van der Waals surface area contributed by atoms with E-state index in [0.717, 1.165) is 0 Å². The number of alkyl halides is 1. The maximum atomic E-state index is 13.8. The first-order valence-corrected chi connectivity index (χ1v) is 5.73. The van der Waals surface area contributed by atoms with Gasteiger partial charge in [0.05, 0.1) is 12.6 Å². The van der Waals surface area contributed by atoms with Gasteiger partial charge in [0.25, 0.3) is 0 Å². The zero-order valence-corrected chi connectivity index (χ0v) is 11.1. The van der Waals surface area contributed by atoms with E-state index < -0.39 is 17.7 Å². The minimum absolute atomic E-state index is 0.182. The average Bonchev–Trinajstić information content (AvgIpc) is 2.30. The summed E-state index contributed by atoms with van der Waals surface area (Å²) in [5, 5.41) is 2.51. The van der Waals surface area contributed by atoms with Crippen LogP contribution in [0.4, 0.5) is 8.78 Å². The van der Waals surface area contributed by atoms with Crippen molar-refractivity contribution >= 4 is 6.41 Å². The molecule has 0 saturated carbocycles. The highest BCUT2D eigenvalue weighted by Gasteiger charge is 2.20. The lowest BCUT2D eigenvalue weighted by Gasteiger charge is -2.19. The lowest BCUT2D eigenvalue weighted by molar-refractivity contribution is -0.110. The number of rotatable bonds is 7. The smallest absolute Gasteiger partial charge is 0.243 e. The molecule has 1 atom stereocenters. The molecule has 1 N–H and O–H groups in total. The van der Waals surface area contributed by atoms with Gasteiger partial charge in [-0.3, -0.25) is 4.79 Å². The maximum Gasteiger partial charge on any atom is 0.243 e. The second kappa shape index (κ2) is 6.47. The molecule has 4 nitrogen and oxygen atoms in total. The monoisotopic (exact) mass is 273 g/mol. The van der Waals surface area contributed by atoms with E-state index in [1.807, 2.05) is 0 Å². The predicted octanol–water partition coefficient (Wildman–Crippen LogP) is 2.34. The molecule has 0 saturated heterocycles. The number of hydrogen-bond acceptors (Lipinski definition) is 3. The molecule has 1 unspecified atom stereocenters. The van der Waals surface area contributed by atoms with Crippen molar-refractivity contribution in [3.63, 3.8) is 0 Å². The summed E-state index contributed by atoms with van der Waals surface area (Å²) >= 11 is 0. The lowest BCUT2D eigenvalue weighted by Crippen LogP contribution is -2.24. The Labute approximate surface area is 110 Å². The number of carbonyl (C=O) groups is 1. The van der Waals surface area contributed by atoms with Crippen molar-refractivity contribution in [2.24, 2.45) is 0 Å². The number of hydrogen-bond donors (Lipinski definition) is 1. The summed E-state index contributed by atoms with van der Waals surface area (Å²) < 4.78 is 36.8. The molecule has 0 aliphatic carbocycles. The van der Waals surface area contributed by atoms with E-state index in [2.05, 4.69) is 5.32 Å². The molecular formula is C13H17F2NO3. The second-order valence-electron chi connectivity index (χ2n) is 4.45. The van der Waals surface area contributed by atoms with E-state index in [9.17, 15) is 13.6 Å². The van der Waals surface area contributed by atoms with Gasteiger partial charge in [0.15, 0.2) is 11.6 Å². The van der Waals surface area contributed by atoms with Crippen molar-refractivity contribution in [2.45, 2.75) is 25.7 Å². The number of ether oxygens (including phenoxy) is 2. The van der Waals surface area contributed by atoms with E-state index in [4.69, 9.17) is 9.47 Å². The van der Waals surface area contributed by atoms with Crippen LogP contribution in [-0.4, -0.2) is 26.0 Å². The quantitative estimate of drug-likeness (QED) is 0.776. The number of benzene rings is 1. The van der Waals surface area contributed by atoms with Gasteiger partial charge in [-0.2, -0.15) is 4.39 Å². The summed E-state index contributed by atoms with van der Waals surface area (Å²) in [5.41, 5.74) is 0.510. The third-order valence-corrected chi connectivity index (χ3v) is 2.31. The Hall–Kier alpha value is -1.69. The van der Waals surface area contributed by atoms with Crippen LogP contribution < -0.4 is 10.1 Å². The summed E-state index contributed by atoms with van der Waals surface area (Å²) in [5.74, 6) is -2.84. The Kier molecular flexibility index (Phi) is 5.23. The molecule has 0 heterocycles. The number of amides is 1. The van der Waals surface area contributed by atoms with Gasteiger partial charge in [0.2, 0.25) is 12.3 Å². The van der Waals surface area contributed by atoms with Crippen molar-refractivity contribution in [2.75, 3.05) is 13.7 Å². The maximum absolute atomic E-state index is 13.8. The van der Waals surface area contributed by atoms with Gasteiger partial charge in [-0.25, -0.2) is 4.39 Å². The molecule has 0 bridgehead atoms. The van der Waals surface area contributed by atoms with E-state index in [0.29, 0.717) is 12.0 Å². The fourth-order valence-corrected chi connectivity index (χ4v) is 1.57. The van der Waals surface area contributed by atoms with Crippen molar-refractivity contribution < 1.29 is 23.0 Å². The number of methoxy groups -OCH3 is 1. The molecular weight excluding hydrogens is 256 g/mol. The van der Waals surface area contributed by atoms with Crippen molar-refractivity contribution in [3.8, 4) is 5.75 Å². The lowest BCUT2D eigenvalue weighted by atomic mass is 10.1. The minimum atomic E-state index is -1.96. The van der Waals surface area contributed by atoms with Crippen LogP contribution in [0.25, 0.3) is 0 Å². The minimum Gasteiger partial charge on any atom is -0.455 e. The SMILES string of the molecule is COCC(NC=O)c1ccc(OC(C)(C)F)c(F)c1. The first-order chi connectivity index (χ1) is 8.87. The molecule has 0 fully saturated rings. The highest BCUT2D eigenvalue weighted by Crippen LogP contribution is 2.26. The second-order valence-corrected chi connectivity index (χ2v) is 4.45. The fourth-order valence-electron chi connectivity index (χ4n) is 1.57. The van der Waals surface area contributed by atoms with E-state index >= 15 is 0 Å². The van der Waals surface area contributed by atoms with Crippen LogP contribution in [0.3, 0.4) is 0 Å². The molecule has 0 aliphatic rings.